The SMILES string of the molecule is Cc1cc(C)c(C#N)c(SCC(=O)Nc2nsc(-c3ccccc3)n2)n1. The quantitative estimate of drug-likeness (QED) is 0.676. The van der Waals surface area contributed by atoms with Crippen LogP contribution in [0.5, 0.6) is 0 Å². The molecule has 0 spiro atoms. The van der Waals surface area contributed by atoms with E-state index in [1.807, 2.05) is 50.2 Å². The zero-order chi connectivity index (χ0) is 18.5. The van der Waals surface area contributed by atoms with Crippen LogP contribution in [-0.4, -0.2) is 26.0 Å². The molecule has 0 aliphatic heterocycles. The Morgan fingerprint density at radius 1 is 1.27 bits per heavy atom. The van der Waals surface area contributed by atoms with E-state index in [2.05, 4.69) is 25.7 Å². The van der Waals surface area contributed by atoms with Gasteiger partial charge in [-0.05, 0) is 37.0 Å². The molecule has 3 aromatic rings. The molecule has 6 nitrogen and oxygen atoms in total. The predicted octanol–water partition coefficient (Wildman–Crippen LogP) is 3.82. The van der Waals surface area contributed by atoms with E-state index in [0.29, 0.717) is 10.6 Å². The second-order valence-corrected chi connectivity index (χ2v) is 7.21. The number of nitrogens with zero attached hydrogens (tertiary/aromatic N) is 4. The highest BCUT2D eigenvalue weighted by Gasteiger charge is 2.13. The molecule has 0 radical (unpaired) electrons. The van der Waals surface area contributed by atoms with E-state index in [4.69, 9.17) is 0 Å². The minimum Gasteiger partial charge on any atom is -0.293 e. The number of carbonyl (C=O) groups is 1. The second-order valence-electron chi connectivity index (χ2n) is 5.50. The predicted molar refractivity (Wildman–Crippen MR) is 103 cm³/mol. The number of hydrogen-bond donors (Lipinski definition) is 1. The molecule has 1 N–H and O–H groups in total. The molecule has 130 valence electrons. The number of benzene rings is 1. The van der Waals surface area contributed by atoms with E-state index in [0.717, 1.165) is 21.8 Å². The van der Waals surface area contributed by atoms with Crippen molar-refractivity contribution in [3.63, 3.8) is 0 Å². The van der Waals surface area contributed by atoms with Crippen LogP contribution in [0.15, 0.2) is 41.4 Å². The molecule has 1 aromatic carbocycles. The smallest absolute Gasteiger partial charge is 0.241 e. The summed E-state index contributed by atoms with van der Waals surface area (Å²) in [4.78, 5) is 20.9. The summed E-state index contributed by atoms with van der Waals surface area (Å²) in [6, 6.07) is 13.7. The molecular weight excluding hydrogens is 366 g/mol. The molecule has 0 atom stereocenters. The summed E-state index contributed by atoms with van der Waals surface area (Å²) in [7, 11) is 0. The van der Waals surface area contributed by atoms with Crippen molar-refractivity contribution in [1.82, 2.24) is 14.3 Å². The largest absolute Gasteiger partial charge is 0.293 e. The summed E-state index contributed by atoms with van der Waals surface area (Å²) in [6.45, 7) is 3.73. The van der Waals surface area contributed by atoms with Gasteiger partial charge in [0.15, 0.2) is 0 Å². The Morgan fingerprint density at radius 3 is 2.77 bits per heavy atom. The van der Waals surface area contributed by atoms with Crippen molar-refractivity contribution in [3.8, 4) is 16.6 Å². The van der Waals surface area contributed by atoms with Crippen LogP contribution in [0.4, 0.5) is 5.95 Å². The first-order valence-corrected chi connectivity index (χ1v) is 9.53. The van der Waals surface area contributed by atoms with Crippen molar-refractivity contribution in [2.24, 2.45) is 0 Å². The molecule has 1 amide bonds. The number of anilines is 1. The molecule has 0 unspecified atom stereocenters. The van der Waals surface area contributed by atoms with E-state index in [1.54, 1.807) is 0 Å². The fourth-order valence-electron chi connectivity index (χ4n) is 2.31. The third-order valence-corrected chi connectivity index (χ3v) is 5.20. The lowest BCUT2D eigenvalue weighted by molar-refractivity contribution is -0.113. The maximum Gasteiger partial charge on any atom is 0.241 e. The van der Waals surface area contributed by atoms with Crippen LogP contribution in [-0.2, 0) is 4.79 Å². The molecular formula is C18H15N5OS2. The van der Waals surface area contributed by atoms with E-state index < -0.39 is 0 Å². The van der Waals surface area contributed by atoms with Crippen LogP contribution in [0.1, 0.15) is 16.8 Å². The van der Waals surface area contributed by atoms with Gasteiger partial charge in [0.25, 0.3) is 0 Å². The summed E-state index contributed by atoms with van der Waals surface area (Å²) in [5.41, 5.74) is 3.14. The zero-order valence-corrected chi connectivity index (χ0v) is 15.8. The minimum absolute atomic E-state index is 0.129. The van der Waals surface area contributed by atoms with Crippen LogP contribution in [0.25, 0.3) is 10.6 Å². The normalized spacial score (nSPS) is 10.3. The average molecular weight is 381 g/mol. The fraction of sp³-hybridized carbons (Fsp3) is 0.167. The number of aromatic nitrogens is 3. The molecule has 0 saturated carbocycles. The van der Waals surface area contributed by atoms with Crippen molar-refractivity contribution >= 4 is 35.1 Å². The molecule has 0 aliphatic rings. The topological polar surface area (TPSA) is 91.6 Å². The van der Waals surface area contributed by atoms with Crippen LogP contribution in [0.2, 0.25) is 0 Å². The lowest BCUT2D eigenvalue weighted by atomic mass is 10.1. The van der Waals surface area contributed by atoms with Crippen molar-refractivity contribution in [1.29, 1.82) is 5.26 Å². The van der Waals surface area contributed by atoms with E-state index in [1.165, 1.54) is 23.3 Å². The van der Waals surface area contributed by atoms with Gasteiger partial charge in [0.2, 0.25) is 11.9 Å². The summed E-state index contributed by atoms with van der Waals surface area (Å²) in [5, 5.41) is 13.3. The van der Waals surface area contributed by atoms with E-state index >= 15 is 0 Å². The standard InChI is InChI=1S/C18H15N5OS2/c1-11-8-12(2)20-17(14(11)9-19)25-10-15(24)21-18-22-16(26-23-18)13-6-4-3-5-7-13/h3-8H,10H2,1-2H3,(H,21,23,24). The maximum absolute atomic E-state index is 12.2. The number of pyridine rings is 1. The van der Waals surface area contributed by atoms with Gasteiger partial charge in [-0.3, -0.25) is 10.1 Å². The van der Waals surface area contributed by atoms with Gasteiger partial charge >= 0.3 is 0 Å². The van der Waals surface area contributed by atoms with Crippen molar-refractivity contribution in [2.75, 3.05) is 11.1 Å². The van der Waals surface area contributed by atoms with Gasteiger partial charge in [0.05, 0.1) is 11.3 Å². The first-order chi connectivity index (χ1) is 12.6. The molecule has 8 heteroatoms. The lowest BCUT2D eigenvalue weighted by Gasteiger charge is -2.07. The Balaban J connectivity index is 1.64. The molecule has 26 heavy (non-hydrogen) atoms. The molecule has 3 rings (SSSR count). The highest BCUT2D eigenvalue weighted by molar-refractivity contribution is 8.00. The van der Waals surface area contributed by atoms with Crippen LogP contribution >= 0.6 is 23.3 Å². The van der Waals surface area contributed by atoms with Gasteiger partial charge in [0, 0.05) is 11.3 Å². The molecule has 2 aromatic heterocycles. The number of carbonyl (C=O) groups excluding carboxylic acids is 1. The molecule has 0 fully saturated rings. The third-order valence-electron chi connectivity index (χ3n) is 3.46. The van der Waals surface area contributed by atoms with Crippen molar-refractivity contribution in [2.45, 2.75) is 18.9 Å². The number of nitriles is 1. The Hall–Kier alpha value is -2.76. The molecule has 0 saturated heterocycles. The highest BCUT2D eigenvalue weighted by atomic mass is 32.2. The van der Waals surface area contributed by atoms with Gasteiger partial charge in [-0.25, -0.2) is 4.98 Å². The highest BCUT2D eigenvalue weighted by Crippen LogP contribution is 2.25. The summed E-state index contributed by atoms with van der Waals surface area (Å²) in [6.07, 6.45) is 0. The summed E-state index contributed by atoms with van der Waals surface area (Å²) < 4.78 is 4.17. The zero-order valence-electron chi connectivity index (χ0n) is 14.2. The van der Waals surface area contributed by atoms with Crippen LogP contribution in [0.3, 0.4) is 0 Å². The Morgan fingerprint density at radius 2 is 2.04 bits per heavy atom. The molecule has 0 aliphatic carbocycles. The van der Waals surface area contributed by atoms with Gasteiger partial charge in [-0.1, -0.05) is 42.1 Å². The number of thioether (sulfide) groups is 1. The van der Waals surface area contributed by atoms with Gasteiger partial charge in [-0.2, -0.15) is 14.6 Å². The Kier molecular flexibility index (Phi) is 5.61. The summed E-state index contributed by atoms with van der Waals surface area (Å²) >= 11 is 2.46. The second kappa shape index (κ2) is 8.08. The number of rotatable bonds is 5. The average Bonchev–Trinajstić information content (AvgIpc) is 3.09. The first kappa shape index (κ1) is 18.0. The van der Waals surface area contributed by atoms with E-state index in [9.17, 15) is 10.1 Å². The Bertz CT molecular complexity index is 979. The monoisotopic (exact) mass is 381 g/mol. The van der Waals surface area contributed by atoms with Gasteiger partial charge in [0.1, 0.15) is 16.1 Å². The summed E-state index contributed by atoms with van der Waals surface area (Å²) in [5.74, 6) is 0.176. The van der Waals surface area contributed by atoms with Gasteiger partial charge < -0.3 is 0 Å². The lowest BCUT2D eigenvalue weighted by Crippen LogP contribution is -2.15. The number of nitrogens with one attached hydrogen (secondary N) is 1. The van der Waals surface area contributed by atoms with E-state index in [-0.39, 0.29) is 17.6 Å². The molecule has 0 bridgehead atoms. The number of hydrogen-bond acceptors (Lipinski definition) is 7. The Labute approximate surface area is 159 Å². The van der Waals surface area contributed by atoms with Crippen LogP contribution < -0.4 is 5.32 Å². The number of aryl methyl sites for hydroxylation is 2. The van der Waals surface area contributed by atoms with Crippen LogP contribution in [0, 0.1) is 25.2 Å². The number of amides is 1. The third kappa shape index (κ3) is 4.25. The van der Waals surface area contributed by atoms with Crippen molar-refractivity contribution in [3.05, 3.63) is 53.2 Å². The maximum atomic E-state index is 12.2. The molecule has 2 heterocycles. The minimum atomic E-state index is -0.239. The van der Waals surface area contributed by atoms with Gasteiger partial charge in [-0.15, -0.1) is 0 Å². The van der Waals surface area contributed by atoms with Crippen molar-refractivity contribution < 1.29 is 4.79 Å². The first-order valence-electron chi connectivity index (χ1n) is 7.77. The fourth-order valence-corrected chi connectivity index (χ4v) is 3.84.